The number of carbonyl (C=O) groups excluding carboxylic acids is 1. The Morgan fingerprint density at radius 1 is 1.04 bits per heavy atom. The van der Waals surface area contributed by atoms with Crippen LogP contribution in [0.4, 0.5) is 0 Å². The van der Waals surface area contributed by atoms with Crippen molar-refractivity contribution in [2.24, 2.45) is 0 Å². The maximum Gasteiger partial charge on any atom is 0.240 e. The molecule has 1 amide bonds. The molecule has 0 radical (unpaired) electrons. The minimum atomic E-state index is -3.62. The predicted octanol–water partition coefficient (Wildman–Crippen LogP) is 2.39. The first-order valence-corrected chi connectivity index (χ1v) is 10.7. The molecule has 6 nitrogen and oxygen atoms in total. The highest BCUT2D eigenvalue weighted by Crippen LogP contribution is 2.17. The van der Waals surface area contributed by atoms with E-state index in [1.165, 1.54) is 0 Å². The minimum absolute atomic E-state index is 0.0531. The van der Waals surface area contributed by atoms with Gasteiger partial charge in [-0.2, -0.15) is 0 Å². The maximum atomic E-state index is 12.4. The second kappa shape index (κ2) is 9.82. The molecular formula is C21H29N3O3S. The molecule has 0 saturated heterocycles. The molecule has 0 aromatic heterocycles. The zero-order valence-corrected chi connectivity index (χ0v) is 17.7. The highest BCUT2D eigenvalue weighted by Gasteiger charge is 2.17. The van der Waals surface area contributed by atoms with Crippen molar-refractivity contribution in [3.63, 3.8) is 0 Å². The first-order valence-electron chi connectivity index (χ1n) is 9.25. The molecule has 0 aliphatic rings. The predicted molar refractivity (Wildman–Crippen MR) is 112 cm³/mol. The molecule has 0 aliphatic heterocycles. The van der Waals surface area contributed by atoms with E-state index in [0.29, 0.717) is 6.54 Å². The van der Waals surface area contributed by atoms with Gasteiger partial charge < -0.3 is 10.2 Å². The van der Waals surface area contributed by atoms with Crippen molar-refractivity contribution < 1.29 is 13.2 Å². The average Bonchev–Trinajstić information content (AvgIpc) is 2.64. The number of hydrogen-bond donors (Lipinski definition) is 2. The van der Waals surface area contributed by atoms with Gasteiger partial charge in [0.05, 0.1) is 10.9 Å². The number of carbonyl (C=O) groups is 1. The molecule has 7 heteroatoms. The molecule has 2 aromatic carbocycles. The second-order valence-electron chi connectivity index (χ2n) is 7.09. The lowest BCUT2D eigenvalue weighted by Crippen LogP contribution is -2.36. The molecule has 0 spiro atoms. The summed E-state index contributed by atoms with van der Waals surface area (Å²) >= 11 is 0. The second-order valence-corrected chi connectivity index (χ2v) is 8.85. The quantitative estimate of drug-likeness (QED) is 0.674. The normalized spacial score (nSPS) is 12.8. The molecule has 2 N–H and O–H groups in total. The van der Waals surface area contributed by atoms with Crippen LogP contribution in [0, 0.1) is 13.8 Å². The molecule has 0 aliphatic carbocycles. The van der Waals surface area contributed by atoms with E-state index < -0.39 is 10.0 Å². The van der Waals surface area contributed by atoms with Gasteiger partial charge in [-0.25, -0.2) is 13.1 Å². The Hall–Kier alpha value is -2.22. The Kier molecular flexibility index (Phi) is 7.74. The van der Waals surface area contributed by atoms with E-state index in [0.717, 1.165) is 16.7 Å². The van der Waals surface area contributed by atoms with Gasteiger partial charge in [0.1, 0.15) is 0 Å². The summed E-state index contributed by atoms with van der Waals surface area (Å²) in [4.78, 5) is 14.4. The van der Waals surface area contributed by atoms with Crippen molar-refractivity contribution >= 4 is 15.9 Å². The summed E-state index contributed by atoms with van der Waals surface area (Å²) in [6.45, 7) is 4.31. The highest BCUT2D eigenvalue weighted by molar-refractivity contribution is 7.89. The Labute approximate surface area is 168 Å². The van der Waals surface area contributed by atoms with Gasteiger partial charge in [-0.3, -0.25) is 4.79 Å². The third-order valence-electron chi connectivity index (χ3n) is 4.73. The zero-order valence-electron chi connectivity index (χ0n) is 16.9. The van der Waals surface area contributed by atoms with Crippen molar-refractivity contribution in [1.82, 2.24) is 14.9 Å². The number of amides is 1. The van der Waals surface area contributed by atoms with Crippen molar-refractivity contribution in [3.8, 4) is 0 Å². The smallest absolute Gasteiger partial charge is 0.240 e. The number of sulfonamides is 1. The molecule has 152 valence electrons. The number of rotatable bonds is 9. The van der Waals surface area contributed by atoms with Gasteiger partial charge in [-0.05, 0) is 56.8 Å². The van der Waals surface area contributed by atoms with Gasteiger partial charge >= 0.3 is 0 Å². The Bertz CT molecular complexity index is 896. The first kappa shape index (κ1) is 22.1. The van der Waals surface area contributed by atoms with Gasteiger partial charge in [0, 0.05) is 19.5 Å². The van der Waals surface area contributed by atoms with Gasteiger partial charge in [0.15, 0.2) is 0 Å². The van der Waals surface area contributed by atoms with Crippen LogP contribution >= 0.6 is 0 Å². The van der Waals surface area contributed by atoms with Crippen LogP contribution in [0.15, 0.2) is 53.4 Å². The fraction of sp³-hybridized carbons (Fsp3) is 0.381. The first-order chi connectivity index (χ1) is 13.2. The molecular weight excluding hydrogens is 374 g/mol. The van der Waals surface area contributed by atoms with Crippen LogP contribution in [0.3, 0.4) is 0 Å². The summed E-state index contributed by atoms with van der Waals surface area (Å²) in [5, 5.41) is 2.89. The summed E-state index contributed by atoms with van der Waals surface area (Å²) in [6, 6.07) is 15.0. The zero-order chi connectivity index (χ0) is 20.7. The van der Waals surface area contributed by atoms with Gasteiger partial charge in [-0.15, -0.1) is 0 Å². The molecule has 1 unspecified atom stereocenters. The maximum absolute atomic E-state index is 12.4. The fourth-order valence-electron chi connectivity index (χ4n) is 2.84. The molecule has 2 aromatic rings. The highest BCUT2D eigenvalue weighted by atomic mass is 32.2. The molecule has 1 atom stereocenters. The van der Waals surface area contributed by atoms with E-state index in [-0.39, 0.29) is 29.8 Å². The average molecular weight is 404 g/mol. The van der Waals surface area contributed by atoms with Crippen LogP contribution in [0.5, 0.6) is 0 Å². The standard InChI is InChI=1S/C21H29N3O3S/c1-16-10-11-19(14-17(16)2)28(26,27)23-13-12-21(25)22-15-20(24(3)4)18-8-6-5-7-9-18/h5-11,14,20,23H,12-13,15H2,1-4H3,(H,22,25). The number of nitrogens with one attached hydrogen (secondary N) is 2. The monoisotopic (exact) mass is 403 g/mol. The lowest BCUT2D eigenvalue weighted by molar-refractivity contribution is -0.121. The van der Waals surface area contributed by atoms with Crippen molar-refractivity contribution in [3.05, 3.63) is 65.2 Å². The fourth-order valence-corrected chi connectivity index (χ4v) is 3.95. The van der Waals surface area contributed by atoms with E-state index in [9.17, 15) is 13.2 Å². The van der Waals surface area contributed by atoms with Crippen LogP contribution in [-0.4, -0.2) is 46.4 Å². The van der Waals surface area contributed by atoms with Crippen LogP contribution in [0.2, 0.25) is 0 Å². The summed E-state index contributed by atoms with van der Waals surface area (Å²) in [7, 11) is 0.299. The van der Waals surface area contributed by atoms with E-state index in [1.807, 2.05) is 63.2 Å². The Morgan fingerprint density at radius 2 is 1.71 bits per heavy atom. The van der Waals surface area contributed by atoms with Crippen molar-refractivity contribution in [2.45, 2.75) is 31.2 Å². The molecule has 28 heavy (non-hydrogen) atoms. The largest absolute Gasteiger partial charge is 0.354 e. The Balaban J connectivity index is 1.85. The van der Waals surface area contributed by atoms with E-state index in [2.05, 4.69) is 10.0 Å². The minimum Gasteiger partial charge on any atom is -0.354 e. The SMILES string of the molecule is Cc1ccc(S(=O)(=O)NCCC(=O)NCC(c2ccccc2)N(C)C)cc1C. The van der Waals surface area contributed by atoms with E-state index >= 15 is 0 Å². The van der Waals surface area contributed by atoms with Crippen molar-refractivity contribution in [1.29, 1.82) is 0 Å². The lowest BCUT2D eigenvalue weighted by atomic mass is 10.1. The van der Waals surface area contributed by atoms with Crippen LogP contribution in [0.25, 0.3) is 0 Å². The number of benzene rings is 2. The third kappa shape index (κ3) is 6.15. The summed E-state index contributed by atoms with van der Waals surface area (Å²) < 4.78 is 27.2. The van der Waals surface area contributed by atoms with Gasteiger partial charge in [0.2, 0.25) is 15.9 Å². The number of nitrogens with zero attached hydrogens (tertiary/aromatic N) is 1. The number of hydrogen-bond acceptors (Lipinski definition) is 4. The van der Waals surface area contributed by atoms with Crippen LogP contribution < -0.4 is 10.0 Å². The number of likely N-dealkylation sites (N-methyl/N-ethyl adjacent to an activating group) is 1. The summed E-state index contributed by atoms with van der Waals surface area (Å²) in [5.74, 6) is -0.189. The third-order valence-corrected chi connectivity index (χ3v) is 6.19. The van der Waals surface area contributed by atoms with Crippen LogP contribution in [-0.2, 0) is 14.8 Å². The molecule has 0 fully saturated rings. The molecule has 0 saturated carbocycles. The summed E-state index contributed by atoms with van der Waals surface area (Å²) in [5.41, 5.74) is 3.06. The van der Waals surface area contributed by atoms with Crippen molar-refractivity contribution in [2.75, 3.05) is 27.2 Å². The van der Waals surface area contributed by atoms with E-state index in [4.69, 9.17) is 0 Å². The molecule has 0 heterocycles. The lowest BCUT2D eigenvalue weighted by Gasteiger charge is -2.25. The Morgan fingerprint density at radius 3 is 2.32 bits per heavy atom. The van der Waals surface area contributed by atoms with E-state index in [1.54, 1.807) is 18.2 Å². The summed E-state index contributed by atoms with van der Waals surface area (Å²) in [6.07, 6.45) is 0.0824. The molecule has 0 bridgehead atoms. The number of aryl methyl sites for hydroxylation is 2. The molecule has 2 rings (SSSR count). The van der Waals surface area contributed by atoms with Gasteiger partial charge in [-0.1, -0.05) is 36.4 Å². The topological polar surface area (TPSA) is 78.5 Å². The van der Waals surface area contributed by atoms with Crippen LogP contribution in [0.1, 0.15) is 29.2 Å². The van der Waals surface area contributed by atoms with Gasteiger partial charge in [0.25, 0.3) is 0 Å².